The number of alkyl halides is 3. The third-order valence-electron chi connectivity index (χ3n) is 6.51. The van der Waals surface area contributed by atoms with Gasteiger partial charge >= 0.3 is 18.2 Å². The smallest absolute Gasteiger partial charge is 0.475 e. The van der Waals surface area contributed by atoms with E-state index >= 15 is 0 Å². The molecule has 0 spiro atoms. The molecular weight excluding hydrogens is 593 g/mol. The van der Waals surface area contributed by atoms with Gasteiger partial charge in [-0.15, -0.1) is 5.92 Å². The molecule has 5 rings (SSSR count). The van der Waals surface area contributed by atoms with Crippen LogP contribution in [0.3, 0.4) is 0 Å². The highest BCUT2D eigenvalue weighted by Crippen LogP contribution is 2.28. The maximum absolute atomic E-state index is 14.1. The van der Waals surface area contributed by atoms with Crippen molar-refractivity contribution >= 4 is 28.8 Å². The van der Waals surface area contributed by atoms with Crippen molar-refractivity contribution in [2.24, 2.45) is 0 Å². The fraction of sp³-hybridized carbons (Fsp3) is 0.267. The number of rotatable bonds is 6. The number of carbonyl (C=O) groups is 1. The number of nitrogens with one attached hydrogen (secondary N) is 1. The molecule has 2 N–H and O–H groups in total. The largest absolute Gasteiger partial charge is 0.490 e. The van der Waals surface area contributed by atoms with E-state index in [0.717, 1.165) is 26.2 Å². The Morgan fingerprint density at radius 1 is 1.13 bits per heavy atom. The number of benzene rings is 2. The lowest BCUT2D eigenvalue weighted by Gasteiger charge is -2.28. The number of hydrogen-bond acceptors (Lipinski definition) is 8. The highest BCUT2D eigenvalue weighted by Gasteiger charge is 2.38. The van der Waals surface area contributed by atoms with E-state index in [4.69, 9.17) is 26.2 Å². The molecule has 0 bridgehead atoms. The van der Waals surface area contributed by atoms with Gasteiger partial charge in [0.15, 0.2) is 16.9 Å². The van der Waals surface area contributed by atoms with Crippen LogP contribution in [0.15, 0.2) is 53.3 Å². The third-order valence-corrected chi connectivity index (χ3v) is 6.51. The Balaban J connectivity index is 0.000000591. The Morgan fingerprint density at radius 2 is 1.80 bits per heavy atom. The summed E-state index contributed by atoms with van der Waals surface area (Å²) in [7, 11) is 0. The predicted molar refractivity (Wildman–Crippen MR) is 157 cm³/mol. The summed E-state index contributed by atoms with van der Waals surface area (Å²) >= 11 is 0. The maximum atomic E-state index is 14.1. The fourth-order valence-corrected chi connectivity index (χ4v) is 4.39. The van der Waals surface area contributed by atoms with E-state index in [9.17, 15) is 23.2 Å². The Labute approximate surface area is 254 Å². The number of piperazine rings is 1. The number of anilines is 1. The molecule has 1 aliphatic heterocycles. The highest BCUT2D eigenvalue weighted by molar-refractivity contribution is 5.75. The lowest BCUT2D eigenvalue weighted by Crippen LogP contribution is -2.44. The first kappa shape index (κ1) is 32.1. The number of fused-ring (bicyclic) bond motifs is 1. The van der Waals surface area contributed by atoms with Crippen molar-refractivity contribution in [3.05, 3.63) is 81.4 Å². The van der Waals surface area contributed by atoms with Crippen molar-refractivity contribution in [2.45, 2.75) is 26.2 Å². The highest BCUT2D eigenvalue weighted by atomic mass is 19.4. The Hall–Kier alpha value is -5.85. The molecule has 0 aliphatic carbocycles. The summed E-state index contributed by atoms with van der Waals surface area (Å²) < 4.78 is 41.0. The summed E-state index contributed by atoms with van der Waals surface area (Å²) in [6.07, 6.45) is -5.08. The number of halogens is 3. The first-order valence-corrected chi connectivity index (χ1v) is 13.4. The van der Waals surface area contributed by atoms with Crippen LogP contribution in [0.5, 0.6) is 11.8 Å². The summed E-state index contributed by atoms with van der Waals surface area (Å²) in [5, 5.41) is 20.0. The van der Waals surface area contributed by atoms with Crippen molar-refractivity contribution in [3.63, 3.8) is 0 Å². The lowest BCUT2D eigenvalue weighted by molar-refractivity contribution is -0.192. The van der Waals surface area contributed by atoms with Gasteiger partial charge in [0.2, 0.25) is 5.95 Å². The molecule has 12 nitrogen and oxygen atoms in total. The van der Waals surface area contributed by atoms with Crippen LogP contribution in [0.25, 0.3) is 16.0 Å². The lowest BCUT2D eigenvalue weighted by atomic mass is 10.2. The molecule has 0 saturated carbocycles. The number of aromatic nitrogens is 4. The fourth-order valence-electron chi connectivity index (χ4n) is 4.39. The van der Waals surface area contributed by atoms with Gasteiger partial charge in [0, 0.05) is 32.7 Å². The molecule has 4 aromatic rings. The summed E-state index contributed by atoms with van der Waals surface area (Å²) in [5.74, 6) is 4.09. The Morgan fingerprint density at radius 3 is 2.44 bits per heavy atom. The molecule has 15 heteroatoms. The van der Waals surface area contributed by atoms with Gasteiger partial charge in [0.05, 0.1) is 18.7 Å². The van der Waals surface area contributed by atoms with Crippen LogP contribution in [0.2, 0.25) is 0 Å². The van der Waals surface area contributed by atoms with Crippen molar-refractivity contribution < 1.29 is 27.8 Å². The second-order valence-corrected chi connectivity index (χ2v) is 9.37. The molecule has 3 heterocycles. The molecule has 1 aliphatic rings. The standard InChI is InChI=1S/C28H24N8O2.C2HF3O2/c1-3-4-15-35-24-25(32-27(35)34-16-13-31-14-17-34)33-28(38-23-12-8-6-9-20(23)18-29)36(26(24)37)19-21-10-5-7-11-22(21)30-2;3-2(4,5)1(6)7/h5-12,31H,13-17,19H2,1H3;(H,6,7). The first-order chi connectivity index (χ1) is 21.6. The second kappa shape index (κ2) is 14.1. The molecule has 45 heavy (non-hydrogen) atoms. The van der Waals surface area contributed by atoms with Crippen molar-refractivity contribution in [1.29, 1.82) is 5.26 Å². The van der Waals surface area contributed by atoms with E-state index in [1.54, 1.807) is 54.0 Å². The summed E-state index contributed by atoms with van der Waals surface area (Å²) in [4.78, 5) is 38.2. The average Bonchev–Trinajstić information content (AvgIpc) is 3.40. The topological polar surface area (TPSA) is 143 Å². The first-order valence-electron chi connectivity index (χ1n) is 13.4. The number of nitrogens with zero attached hydrogens (tertiary/aromatic N) is 7. The number of imidazole rings is 1. The van der Waals surface area contributed by atoms with E-state index in [0.29, 0.717) is 28.3 Å². The Kier molecular flexibility index (Phi) is 10.0. The monoisotopic (exact) mass is 618 g/mol. The van der Waals surface area contributed by atoms with Gasteiger partial charge in [-0.25, -0.2) is 9.64 Å². The number of carboxylic acid groups (broad SMARTS) is 1. The number of aliphatic carboxylic acids is 1. The van der Waals surface area contributed by atoms with Crippen molar-refractivity contribution in [1.82, 2.24) is 24.4 Å². The van der Waals surface area contributed by atoms with Crippen LogP contribution >= 0.6 is 0 Å². The summed E-state index contributed by atoms with van der Waals surface area (Å²) in [6, 6.07) is 15.9. The van der Waals surface area contributed by atoms with Gasteiger partial charge in [0.1, 0.15) is 11.8 Å². The van der Waals surface area contributed by atoms with E-state index in [1.165, 1.54) is 4.57 Å². The SMILES string of the molecule is O=C(O)C(F)(F)F.[C-]#[N+]c1ccccc1Cn1c(Oc2ccccc2C#N)nc2nc(N3CCNCC3)n(CC#CC)c2c1=O. The number of hydrogen-bond donors (Lipinski definition) is 2. The molecule has 230 valence electrons. The Bertz CT molecular complexity index is 1920. The van der Waals surface area contributed by atoms with Crippen molar-refractivity contribution in [3.8, 4) is 29.7 Å². The van der Waals surface area contributed by atoms with Gasteiger partial charge in [0.25, 0.3) is 5.56 Å². The third kappa shape index (κ3) is 7.39. The van der Waals surface area contributed by atoms with Gasteiger partial charge < -0.3 is 20.1 Å². The number of ether oxygens (including phenoxy) is 1. The maximum Gasteiger partial charge on any atom is 0.490 e. The van der Waals surface area contributed by atoms with E-state index in [1.807, 2.05) is 6.07 Å². The van der Waals surface area contributed by atoms with Gasteiger partial charge in [-0.3, -0.25) is 13.9 Å². The van der Waals surface area contributed by atoms with Gasteiger partial charge in [-0.2, -0.15) is 28.4 Å². The minimum atomic E-state index is -5.08. The molecule has 1 saturated heterocycles. The summed E-state index contributed by atoms with van der Waals surface area (Å²) in [5.41, 5.74) is 1.55. The zero-order valence-corrected chi connectivity index (χ0v) is 23.8. The predicted octanol–water partition coefficient (Wildman–Crippen LogP) is 3.92. The quantitative estimate of drug-likeness (QED) is 0.243. The van der Waals surface area contributed by atoms with Crippen LogP contribution in [0, 0.1) is 29.7 Å². The van der Waals surface area contributed by atoms with E-state index in [-0.39, 0.29) is 36.1 Å². The van der Waals surface area contributed by atoms with Crippen LogP contribution in [-0.4, -0.2) is 62.5 Å². The summed E-state index contributed by atoms with van der Waals surface area (Å²) in [6.45, 7) is 12.7. The number of para-hydroxylation sites is 2. The van der Waals surface area contributed by atoms with Crippen LogP contribution < -0.4 is 20.5 Å². The molecule has 0 amide bonds. The zero-order chi connectivity index (χ0) is 32.6. The minimum Gasteiger partial charge on any atom is -0.475 e. The van der Waals surface area contributed by atoms with Crippen molar-refractivity contribution in [2.75, 3.05) is 31.1 Å². The number of carboxylic acids is 1. The van der Waals surface area contributed by atoms with Crippen LogP contribution in [-0.2, 0) is 17.9 Å². The van der Waals surface area contributed by atoms with Crippen LogP contribution in [0.1, 0.15) is 18.1 Å². The molecule has 0 atom stereocenters. The average molecular weight is 619 g/mol. The van der Waals surface area contributed by atoms with E-state index in [2.05, 4.69) is 38.0 Å². The molecule has 0 unspecified atom stereocenters. The van der Waals surface area contributed by atoms with E-state index < -0.39 is 12.1 Å². The van der Waals surface area contributed by atoms with Gasteiger partial charge in [-0.1, -0.05) is 42.3 Å². The van der Waals surface area contributed by atoms with Crippen LogP contribution in [0.4, 0.5) is 24.8 Å². The zero-order valence-electron chi connectivity index (χ0n) is 23.8. The molecule has 1 fully saturated rings. The second-order valence-electron chi connectivity index (χ2n) is 9.37. The van der Waals surface area contributed by atoms with Gasteiger partial charge in [-0.05, 0) is 24.6 Å². The molecule has 2 aromatic heterocycles. The molecular formula is C30H25F3N8O4. The normalized spacial score (nSPS) is 12.6. The number of nitriles is 1. The minimum absolute atomic E-state index is 0.0110. The molecule has 2 aromatic carbocycles. The molecule has 0 radical (unpaired) electrons.